The van der Waals surface area contributed by atoms with Crippen LogP contribution in [0.2, 0.25) is 0 Å². The van der Waals surface area contributed by atoms with Crippen molar-refractivity contribution >= 4 is 11.7 Å². The van der Waals surface area contributed by atoms with E-state index in [1.807, 2.05) is 6.92 Å². The highest BCUT2D eigenvalue weighted by atomic mass is 19.3. The van der Waals surface area contributed by atoms with Crippen LogP contribution in [-0.2, 0) is 0 Å². The van der Waals surface area contributed by atoms with Crippen molar-refractivity contribution in [1.29, 1.82) is 0 Å². The number of amides is 1. The summed E-state index contributed by atoms with van der Waals surface area (Å²) in [5, 5.41) is 16.0. The molecule has 2 atom stereocenters. The minimum atomic E-state index is -2.73. The quantitative estimate of drug-likeness (QED) is 0.484. The number of fused-ring (bicyclic) bond motifs is 1. The highest BCUT2D eigenvalue weighted by molar-refractivity contribution is 5.94. The number of aromatic nitrogens is 5. The maximum absolute atomic E-state index is 13.4. The minimum absolute atomic E-state index is 0.118. The van der Waals surface area contributed by atoms with Crippen molar-refractivity contribution in [2.45, 2.75) is 39.5 Å². The van der Waals surface area contributed by atoms with Gasteiger partial charge in [-0.15, -0.1) is 0 Å². The Morgan fingerprint density at radius 2 is 1.97 bits per heavy atom. The van der Waals surface area contributed by atoms with Crippen molar-refractivity contribution in [3.05, 3.63) is 58.1 Å². The minimum Gasteiger partial charge on any atom is -0.618 e. The fraction of sp³-hybridized carbons (Fsp3) is 0.450. The molecule has 158 valence electrons. The highest BCUT2D eigenvalue weighted by Crippen LogP contribution is 2.34. The molecular weight excluding hydrogens is 394 g/mol. The number of carbonyl (C=O) groups excluding carboxylic acids is 1. The molecule has 1 amide bonds. The average molecular weight is 416 g/mol. The Morgan fingerprint density at radius 3 is 2.63 bits per heavy atom. The number of carbonyl (C=O) groups is 1. The van der Waals surface area contributed by atoms with Crippen molar-refractivity contribution in [1.82, 2.24) is 24.5 Å². The molecule has 10 heteroatoms. The van der Waals surface area contributed by atoms with Gasteiger partial charge in [0.1, 0.15) is 12.0 Å². The monoisotopic (exact) mass is 416 g/mol. The summed E-state index contributed by atoms with van der Waals surface area (Å²) in [6.07, 6.45) is -0.729. The smallest absolute Gasteiger partial charge is 0.280 e. The molecule has 3 aromatic heterocycles. The van der Waals surface area contributed by atoms with Crippen LogP contribution >= 0.6 is 0 Å². The van der Waals surface area contributed by atoms with Gasteiger partial charge in [-0.3, -0.25) is 4.79 Å². The van der Waals surface area contributed by atoms with Crippen LogP contribution in [0.3, 0.4) is 0 Å². The van der Waals surface area contributed by atoms with Crippen LogP contribution in [0.15, 0.2) is 24.5 Å². The molecule has 0 aromatic carbocycles. The number of alkyl halides is 2. The second-order valence-electron chi connectivity index (χ2n) is 7.82. The number of likely N-dealkylation sites (tertiary alicyclic amines) is 1. The first-order valence-corrected chi connectivity index (χ1v) is 9.75. The normalized spacial score (nSPS) is 19.6. The fourth-order valence-corrected chi connectivity index (χ4v) is 4.06. The topological polar surface area (TPSA) is 90.3 Å². The second-order valence-corrected chi connectivity index (χ2v) is 7.82. The first-order valence-electron chi connectivity index (χ1n) is 9.75. The first kappa shape index (κ1) is 20.1. The van der Waals surface area contributed by atoms with Crippen LogP contribution in [0.1, 0.15) is 58.8 Å². The number of hydrogen-bond donors (Lipinski definition) is 0. The lowest BCUT2D eigenvalue weighted by Gasteiger charge is -2.37. The standard InChI is InChI=1S/C20H22F2N6O2/c1-11-4-5-26(19(29)14-6-12(2)28(30)13(3)7-14)9-15(11)17-8-16(18(21)22)25-20-23-10-24-27(17)20/h6-8,10-11,15,18H,4-5,9H2,1-3H3/t11-,15-/m1/s1. The number of nitrogens with zero attached hydrogens (tertiary/aromatic N) is 6. The fourth-order valence-electron chi connectivity index (χ4n) is 4.06. The van der Waals surface area contributed by atoms with Gasteiger partial charge in [-0.2, -0.15) is 14.8 Å². The lowest BCUT2D eigenvalue weighted by atomic mass is 9.84. The van der Waals surface area contributed by atoms with E-state index in [1.54, 1.807) is 30.9 Å². The Bertz CT molecular complexity index is 1090. The first-order chi connectivity index (χ1) is 14.3. The molecule has 1 saturated heterocycles. The zero-order valence-corrected chi connectivity index (χ0v) is 16.9. The van der Waals surface area contributed by atoms with Crippen LogP contribution in [0.5, 0.6) is 0 Å². The Labute approximate surface area is 171 Å². The number of pyridine rings is 1. The number of piperidine rings is 1. The molecule has 30 heavy (non-hydrogen) atoms. The molecule has 0 radical (unpaired) electrons. The van der Waals surface area contributed by atoms with Gasteiger partial charge >= 0.3 is 0 Å². The largest absolute Gasteiger partial charge is 0.618 e. The summed E-state index contributed by atoms with van der Waals surface area (Å²) in [5.41, 5.74) is 1.55. The van der Waals surface area contributed by atoms with Gasteiger partial charge in [0.25, 0.3) is 18.1 Å². The summed E-state index contributed by atoms with van der Waals surface area (Å²) in [6, 6.07) is 4.51. The zero-order valence-electron chi connectivity index (χ0n) is 16.9. The Morgan fingerprint density at radius 1 is 1.27 bits per heavy atom. The third-order valence-corrected chi connectivity index (χ3v) is 5.76. The van der Waals surface area contributed by atoms with E-state index < -0.39 is 6.43 Å². The molecule has 0 unspecified atom stereocenters. The van der Waals surface area contributed by atoms with E-state index in [4.69, 9.17) is 0 Å². The Kier molecular flexibility index (Phi) is 5.08. The molecule has 0 saturated carbocycles. The van der Waals surface area contributed by atoms with Crippen molar-refractivity contribution in [3.8, 4) is 0 Å². The van der Waals surface area contributed by atoms with Gasteiger partial charge in [-0.25, -0.2) is 18.3 Å². The summed E-state index contributed by atoms with van der Waals surface area (Å²) >= 11 is 0. The molecule has 0 N–H and O–H groups in total. The molecule has 1 aliphatic heterocycles. The molecule has 0 aliphatic carbocycles. The maximum Gasteiger partial charge on any atom is 0.280 e. The van der Waals surface area contributed by atoms with Crippen LogP contribution in [0.4, 0.5) is 8.78 Å². The van der Waals surface area contributed by atoms with Crippen molar-refractivity contribution in [3.63, 3.8) is 0 Å². The predicted molar refractivity (Wildman–Crippen MR) is 103 cm³/mol. The van der Waals surface area contributed by atoms with Gasteiger partial charge in [-0.05, 0) is 18.4 Å². The lowest BCUT2D eigenvalue weighted by molar-refractivity contribution is -0.619. The number of rotatable bonds is 3. The molecule has 4 rings (SSSR count). The van der Waals surface area contributed by atoms with Gasteiger partial charge in [0.05, 0.1) is 11.3 Å². The van der Waals surface area contributed by atoms with Gasteiger partial charge in [0.2, 0.25) is 0 Å². The maximum atomic E-state index is 13.4. The molecule has 1 aliphatic rings. The molecule has 0 bridgehead atoms. The van der Waals surface area contributed by atoms with Crippen molar-refractivity contribution in [2.75, 3.05) is 13.1 Å². The number of hydrogen-bond acceptors (Lipinski definition) is 5. The van der Waals surface area contributed by atoms with Crippen LogP contribution in [0.25, 0.3) is 5.78 Å². The summed E-state index contributed by atoms with van der Waals surface area (Å²) in [5.74, 6) is -0.121. The van der Waals surface area contributed by atoms with Gasteiger partial charge in [0.15, 0.2) is 11.4 Å². The Balaban J connectivity index is 1.69. The lowest BCUT2D eigenvalue weighted by Crippen LogP contribution is -2.43. The molecule has 8 nitrogen and oxygen atoms in total. The summed E-state index contributed by atoms with van der Waals surface area (Å²) < 4.78 is 29.0. The molecular formula is C20H22F2N6O2. The third kappa shape index (κ3) is 3.46. The predicted octanol–water partition coefficient (Wildman–Crippen LogP) is 2.58. The zero-order chi connectivity index (χ0) is 21.6. The van der Waals surface area contributed by atoms with E-state index in [0.29, 0.717) is 42.2 Å². The highest BCUT2D eigenvalue weighted by Gasteiger charge is 2.33. The van der Waals surface area contributed by atoms with Crippen molar-refractivity contribution < 1.29 is 18.3 Å². The molecule has 3 aromatic rings. The SMILES string of the molecule is Cc1cc(C(=O)N2CC[C@@H](C)[C@H](c3cc(C(F)F)nc4ncnn34)C2)cc(C)[n+]1[O-]. The Hall–Kier alpha value is -3.17. The molecule has 4 heterocycles. The number of halogens is 2. The van der Waals surface area contributed by atoms with Gasteiger partial charge < -0.3 is 10.1 Å². The summed E-state index contributed by atoms with van der Waals surface area (Å²) in [4.78, 5) is 22.7. The van der Waals surface area contributed by atoms with E-state index in [0.717, 1.165) is 4.73 Å². The second kappa shape index (κ2) is 7.58. The van der Waals surface area contributed by atoms with E-state index in [-0.39, 0.29) is 29.2 Å². The summed E-state index contributed by atoms with van der Waals surface area (Å²) in [7, 11) is 0. The van der Waals surface area contributed by atoms with Gasteiger partial charge in [0, 0.05) is 45.0 Å². The van der Waals surface area contributed by atoms with Crippen LogP contribution in [0, 0.1) is 25.0 Å². The molecule has 1 fully saturated rings. The van der Waals surface area contributed by atoms with Crippen LogP contribution in [-0.4, -0.2) is 43.5 Å². The van der Waals surface area contributed by atoms with E-state index in [1.165, 1.54) is 16.9 Å². The van der Waals surface area contributed by atoms with Gasteiger partial charge in [-0.1, -0.05) is 6.92 Å². The van der Waals surface area contributed by atoms with E-state index in [9.17, 15) is 18.8 Å². The van der Waals surface area contributed by atoms with E-state index >= 15 is 0 Å². The summed E-state index contributed by atoms with van der Waals surface area (Å²) in [6.45, 7) is 6.25. The van der Waals surface area contributed by atoms with E-state index in [2.05, 4.69) is 15.1 Å². The average Bonchev–Trinajstić information content (AvgIpc) is 3.19. The third-order valence-electron chi connectivity index (χ3n) is 5.76. The number of aryl methyl sites for hydroxylation is 2. The molecule has 0 spiro atoms. The van der Waals surface area contributed by atoms with Crippen molar-refractivity contribution in [2.24, 2.45) is 5.92 Å². The van der Waals surface area contributed by atoms with Crippen LogP contribution < -0.4 is 4.73 Å².